The number of aliphatic hydroxyl groups is 1. The van der Waals surface area contributed by atoms with Gasteiger partial charge in [-0.1, -0.05) is 18.2 Å². The Hall–Kier alpha value is -5.99. The molecule has 1 saturated heterocycles. The summed E-state index contributed by atoms with van der Waals surface area (Å²) < 4.78 is 94.2. The van der Waals surface area contributed by atoms with Gasteiger partial charge in [-0.15, -0.1) is 23.2 Å². The highest BCUT2D eigenvalue weighted by Gasteiger charge is 2.76. The van der Waals surface area contributed by atoms with E-state index in [0.29, 0.717) is 22.5 Å². The maximum Gasteiger partial charge on any atom is 0.347 e. The number of rotatable bonds is 10. The van der Waals surface area contributed by atoms with Crippen molar-refractivity contribution < 1.29 is 50.9 Å². The average Bonchev–Trinajstić information content (AvgIpc) is 3.58. The van der Waals surface area contributed by atoms with Gasteiger partial charge in [-0.2, -0.15) is 0 Å². The van der Waals surface area contributed by atoms with E-state index in [1.54, 1.807) is 12.1 Å². The number of methoxy groups -OCH3 is 2. The lowest BCUT2D eigenvalue weighted by Crippen LogP contribution is -2.59. The van der Waals surface area contributed by atoms with E-state index < -0.39 is 91.7 Å². The second-order valence-corrected chi connectivity index (χ2v) is 15.6. The first-order valence-electron chi connectivity index (χ1n) is 18.3. The monoisotopic (exact) mass is 892 g/mol. The van der Waals surface area contributed by atoms with Crippen LogP contribution in [0, 0.1) is 29.1 Å². The lowest BCUT2D eigenvalue weighted by Gasteiger charge is -2.49. The summed E-state index contributed by atoms with van der Waals surface area (Å²) in [4.78, 5) is 69.4. The fraction of sp³-hybridized carbons (Fsp3) is 0.333. The number of halogens is 7. The minimum absolute atomic E-state index is 0.0134. The van der Waals surface area contributed by atoms with Crippen molar-refractivity contribution in [3.63, 3.8) is 0 Å². The maximum absolute atomic E-state index is 15.4. The Morgan fingerprint density at radius 1 is 0.869 bits per heavy atom. The highest BCUT2D eigenvalue weighted by molar-refractivity contribution is 6.58. The number of benzene rings is 3. The quantitative estimate of drug-likeness (QED) is 0.0547. The summed E-state index contributed by atoms with van der Waals surface area (Å²) in [5, 5.41) is 9.21. The lowest BCUT2D eigenvalue weighted by molar-refractivity contribution is -0.122. The van der Waals surface area contributed by atoms with E-state index in [-0.39, 0.29) is 60.2 Å². The van der Waals surface area contributed by atoms with Gasteiger partial charge in [0.05, 0.1) is 44.4 Å². The molecule has 2 aliphatic heterocycles. The summed E-state index contributed by atoms with van der Waals surface area (Å²) in [5.41, 5.74) is -3.23. The van der Waals surface area contributed by atoms with Crippen LogP contribution >= 0.6 is 23.2 Å². The second-order valence-electron chi connectivity index (χ2n) is 14.4. The molecule has 4 unspecified atom stereocenters. The van der Waals surface area contributed by atoms with E-state index >= 15 is 8.78 Å². The lowest BCUT2D eigenvalue weighted by atomic mass is 9.64. The molecule has 2 fully saturated rings. The molecule has 4 heterocycles. The summed E-state index contributed by atoms with van der Waals surface area (Å²) in [6.07, 6.45) is 0.441. The van der Waals surface area contributed by atoms with E-state index in [2.05, 4.69) is 4.98 Å². The number of aryl methyl sites for hydroxylation is 2. The van der Waals surface area contributed by atoms with E-state index in [9.17, 15) is 42.3 Å². The van der Waals surface area contributed by atoms with E-state index in [1.807, 2.05) is 0 Å². The van der Waals surface area contributed by atoms with Crippen LogP contribution in [0.3, 0.4) is 0 Å². The molecule has 4 atom stereocenters. The summed E-state index contributed by atoms with van der Waals surface area (Å²) >= 11 is 14.3. The van der Waals surface area contributed by atoms with Crippen molar-refractivity contribution in [1.82, 2.24) is 23.5 Å². The van der Waals surface area contributed by atoms with Crippen molar-refractivity contribution in [3.8, 4) is 17.2 Å². The predicted octanol–water partition coefficient (Wildman–Crippen LogP) is 3.58. The smallest absolute Gasteiger partial charge is 0.347 e. The van der Waals surface area contributed by atoms with Crippen molar-refractivity contribution in [3.05, 3.63) is 120 Å². The first kappa shape index (κ1) is 41.7. The standard InChI is InChI=1S/C39H31Cl2F5N6O9/c1-48-22-15-25(60-3)24(59-2)14-21(22)47-20(33(48)54)9-10-49-36(57)50-11-8-19-23(52(50)37(49)58)16-38(40)34(55)51(32-30(45)28(43)27(42)29(44)31(32)46)35(56)39(38,41)26(19)17-4-6-18(7-5-17)61-13-12-53/h4-8,14-15,23,26,53H,9-13,16H2,1-3H3. The van der Waals surface area contributed by atoms with Crippen LogP contribution in [0.15, 0.2) is 62.4 Å². The Balaban J connectivity index is 1.24. The van der Waals surface area contributed by atoms with Crippen molar-refractivity contribution >= 4 is 51.7 Å². The van der Waals surface area contributed by atoms with Crippen molar-refractivity contribution in [2.75, 3.05) is 32.3 Å². The Labute approximate surface area is 349 Å². The van der Waals surface area contributed by atoms with Gasteiger partial charge < -0.3 is 23.9 Å². The fourth-order valence-corrected chi connectivity index (χ4v) is 9.37. The third-order valence-electron chi connectivity index (χ3n) is 11.4. The van der Waals surface area contributed by atoms with E-state index in [4.69, 9.17) is 37.4 Å². The molecule has 320 valence electrons. The maximum atomic E-state index is 15.4. The molecule has 1 aliphatic carbocycles. The van der Waals surface area contributed by atoms with Crippen LogP contribution in [0.4, 0.5) is 27.6 Å². The van der Waals surface area contributed by atoms with Gasteiger partial charge in [-0.3, -0.25) is 14.4 Å². The molecule has 22 heteroatoms. The molecule has 5 aromatic rings. The van der Waals surface area contributed by atoms with E-state index in [0.717, 1.165) is 13.9 Å². The van der Waals surface area contributed by atoms with Gasteiger partial charge in [-0.05, 0) is 23.3 Å². The molecule has 61 heavy (non-hydrogen) atoms. The summed E-state index contributed by atoms with van der Waals surface area (Å²) in [5.74, 6) is -16.4. The molecule has 2 amide bonds. The molecule has 1 N–H and O–H groups in total. The van der Waals surface area contributed by atoms with Crippen LogP contribution in [0.5, 0.6) is 17.2 Å². The number of aromatic nitrogens is 5. The van der Waals surface area contributed by atoms with Gasteiger partial charge in [0.1, 0.15) is 23.7 Å². The number of alkyl halides is 2. The molecule has 0 bridgehead atoms. The zero-order valence-corrected chi connectivity index (χ0v) is 33.5. The molecule has 3 aromatic carbocycles. The minimum atomic E-state index is -2.77. The number of carbonyl (C=O) groups excluding carboxylic acids is 2. The zero-order valence-electron chi connectivity index (χ0n) is 32.0. The SMILES string of the molecule is COc1cc2nc(CCn3c(=O)n4n(c3=O)C3CC5(Cl)C(=O)N(c6c(F)c(F)c(F)c(F)c6F)C(=O)C5(Cl)C(c5ccc(OCCO)cc5)C3=CC4)c(=O)n(C)c2cc1OC. The number of allylic oxidation sites excluding steroid dienone is 2. The van der Waals surface area contributed by atoms with Crippen LogP contribution in [0.2, 0.25) is 0 Å². The van der Waals surface area contributed by atoms with Gasteiger partial charge in [-0.25, -0.2) is 55.4 Å². The highest BCUT2D eigenvalue weighted by atomic mass is 35.5. The molecule has 8 rings (SSSR count). The molecule has 15 nitrogen and oxygen atoms in total. The number of carbonyl (C=O) groups is 2. The second kappa shape index (κ2) is 14.9. The number of amides is 2. The number of hydrogen-bond donors (Lipinski definition) is 1. The zero-order chi connectivity index (χ0) is 44.0. The number of aliphatic hydroxyl groups excluding tert-OH is 1. The number of fused-ring (bicyclic) bond motifs is 5. The third-order valence-corrected chi connectivity index (χ3v) is 12.8. The van der Waals surface area contributed by atoms with Gasteiger partial charge in [0.25, 0.3) is 17.4 Å². The molecule has 3 aliphatic rings. The number of hydrogen-bond acceptors (Lipinski definition) is 10. The molecule has 0 spiro atoms. The molecule has 2 aromatic heterocycles. The summed E-state index contributed by atoms with van der Waals surface area (Å²) in [6, 6.07) is 7.37. The van der Waals surface area contributed by atoms with Gasteiger partial charge in [0.15, 0.2) is 44.5 Å². The first-order valence-corrected chi connectivity index (χ1v) is 19.1. The van der Waals surface area contributed by atoms with Crippen LogP contribution in [0.1, 0.15) is 29.6 Å². The molecule has 1 saturated carbocycles. The first-order chi connectivity index (χ1) is 29.0. The topological polar surface area (TPSA) is 169 Å². The van der Waals surface area contributed by atoms with Crippen molar-refractivity contribution in [1.29, 1.82) is 0 Å². The predicted molar refractivity (Wildman–Crippen MR) is 206 cm³/mol. The fourth-order valence-electron chi connectivity index (χ4n) is 8.45. The van der Waals surface area contributed by atoms with Gasteiger partial charge >= 0.3 is 11.4 Å². The third kappa shape index (κ3) is 5.85. The van der Waals surface area contributed by atoms with Crippen LogP contribution < -0.4 is 36.0 Å². The van der Waals surface area contributed by atoms with Crippen molar-refractivity contribution in [2.45, 2.75) is 47.6 Å². The summed E-state index contributed by atoms with van der Waals surface area (Å²) in [7, 11) is 4.35. The highest BCUT2D eigenvalue weighted by Crippen LogP contribution is 2.64. The minimum Gasteiger partial charge on any atom is -0.493 e. The van der Waals surface area contributed by atoms with E-state index in [1.165, 1.54) is 56.2 Å². The molecule has 0 radical (unpaired) electrons. The number of ether oxygens (including phenoxy) is 3. The Bertz CT molecular complexity index is 2910. The van der Waals surface area contributed by atoms with Gasteiger partial charge in [0, 0.05) is 44.5 Å². The summed E-state index contributed by atoms with van der Waals surface area (Å²) in [6.45, 7) is -1.12. The molecular formula is C39H31Cl2F5N6O9. The Morgan fingerprint density at radius 2 is 1.49 bits per heavy atom. The largest absolute Gasteiger partial charge is 0.493 e. The Morgan fingerprint density at radius 3 is 2.11 bits per heavy atom. The van der Waals surface area contributed by atoms with Crippen LogP contribution in [-0.4, -0.2) is 77.6 Å². The molecular weight excluding hydrogens is 862 g/mol. The van der Waals surface area contributed by atoms with Crippen LogP contribution in [0.25, 0.3) is 11.0 Å². The number of imide groups is 1. The van der Waals surface area contributed by atoms with Crippen LogP contribution in [-0.2, 0) is 36.1 Å². The van der Waals surface area contributed by atoms with Gasteiger partial charge in [0.2, 0.25) is 5.82 Å². The normalized spacial score (nSPS) is 22.0. The average molecular weight is 894 g/mol. The number of anilines is 1. The van der Waals surface area contributed by atoms with Crippen molar-refractivity contribution in [2.24, 2.45) is 7.05 Å². The Kier molecular flexibility index (Phi) is 10.2. The number of nitrogens with zero attached hydrogens (tertiary/aromatic N) is 6.